The number of amides is 5. The summed E-state index contributed by atoms with van der Waals surface area (Å²) in [6.07, 6.45) is 1.24. The molecule has 5 amide bonds. The van der Waals surface area contributed by atoms with Crippen molar-refractivity contribution in [2.24, 2.45) is 17.8 Å². The predicted octanol–water partition coefficient (Wildman–Crippen LogP) is 1.71. The van der Waals surface area contributed by atoms with Crippen molar-refractivity contribution in [1.82, 2.24) is 25.3 Å². The van der Waals surface area contributed by atoms with Gasteiger partial charge in [-0.3, -0.25) is 28.8 Å². The van der Waals surface area contributed by atoms with Gasteiger partial charge < -0.3 is 30.1 Å². The fourth-order valence-electron chi connectivity index (χ4n) is 5.65. The van der Waals surface area contributed by atoms with Crippen LogP contribution in [0.25, 0.3) is 0 Å². The van der Waals surface area contributed by atoms with Crippen molar-refractivity contribution in [3.05, 3.63) is 0 Å². The van der Waals surface area contributed by atoms with Crippen LogP contribution in [-0.2, 0) is 33.5 Å². The lowest BCUT2D eigenvalue weighted by molar-refractivity contribution is -0.162. The molecule has 2 aliphatic heterocycles. The van der Waals surface area contributed by atoms with Gasteiger partial charge in [-0.05, 0) is 43.9 Å². The summed E-state index contributed by atoms with van der Waals surface area (Å²) in [5.41, 5.74) is 0. The van der Waals surface area contributed by atoms with E-state index >= 15 is 0 Å². The largest absolute Gasteiger partial charge is 0.452 e. The molecule has 0 aromatic rings. The molecule has 43 heavy (non-hydrogen) atoms. The van der Waals surface area contributed by atoms with Crippen molar-refractivity contribution in [3.63, 3.8) is 0 Å². The van der Waals surface area contributed by atoms with Crippen molar-refractivity contribution < 1.29 is 33.5 Å². The summed E-state index contributed by atoms with van der Waals surface area (Å²) in [4.78, 5) is 85.1. The third-order valence-electron chi connectivity index (χ3n) is 8.99. The number of hydrogen-bond acceptors (Lipinski definition) is 7. The molecule has 12 nitrogen and oxygen atoms in total. The molecule has 0 saturated carbocycles. The van der Waals surface area contributed by atoms with E-state index in [0.29, 0.717) is 32.2 Å². The quantitative estimate of drug-likeness (QED) is 0.437. The molecule has 244 valence electrons. The van der Waals surface area contributed by atoms with Gasteiger partial charge in [0.25, 0.3) is 5.91 Å². The molecular weight excluding hydrogens is 554 g/mol. The number of hydrogen-bond donors (Lipinski definition) is 2. The number of cyclic esters (lactones) is 1. The summed E-state index contributed by atoms with van der Waals surface area (Å²) in [6, 6.07) is -3.50. The van der Waals surface area contributed by atoms with Gasteiger partial charge in [-0.1, -0.05) is 54.4 Å². The molecule has 0 aliphatic carbocycles. The minimum absolute atomic E-state index is 0.0354. The standard InChI is InChI=1S/C31H53N5O7/c1-10-19(5)25-30(41)35(9)26(20(6)11-2)31(42)34(8)21(7)27(38)32-15-14-24(37)43-23(17-18(3)4)29(40)36-16-12-13-22(36)28(39)33-25/h18-23,25-26H,10-17H2,1-9H3,(H,32,38)(H,33,39)/t19?,20?,21?,22-,23+,25?,26?/m0/s1. The lowest BCUT2D eigenvalue weighted by Crippen LogP contribution is -2.61. The van der Waals surface area contributed by atoms with E-state index in [1.165, 1.54) is 21.7 Å². The molecule has 0 bridgehead atoms. The van der Waals surface area contributed by atoms with E-state index in [2.05, 4.69) is 10.6 Å². The lowest BCUT2D eigenvalue weighted by Gasteiger charge is -2.38. The Morgan fingerprint density at radius 3 is 2.07 bits per heavy atom. The van der Waals surface area contributed by atoms with E-state index in [1.807, 2.05) is 41.5 Å². The van der Waals surface area contributed by atoms with Gasteiger partial charge in [-0.15, -0.1) is 0 Å². The number of rotatable bonds is 6. The van der Waals surface area contributed by atoms with E-state index in [4.69, 9.17) is 4.74 Å². The first kappa shape index (κ1) is 36.0. The van der Waals surface area contributed by atoms with Gasteiger partial charge in [0.15, 0.2) is 6.10 Å². The van der Waals surface area contributed by atoms with Crippen LogP contribution in [0.5, 0.6) is 0 Å². The number of ether oxygens (including phenoxy) is 1. The first-order valence-corrected chi connectivity index (χ1v) is 15.8. The average Bonchev–Trinajstić information content (AvgIpc) is 3.46. The summed E-state index contributed by atoms with van der Waals surface area (Å²) in [5.74, 6) is -3.27. The second-order valence-corrected chi connectivity index (χ2v) is 12.6. The van der Waals surface area contributed by atoms with Crippen LogP contribution in [-0.4, -0.2) is 108 Å². The Morgan fingerprint density at radius 2 is 1.49 bits per heavy atom. The predicted molar refractivity (Wildman–Crippen MR) is 161 cm³/mol. The minimum atomic E-state index is -1.07. The monoisotopic (exact) mass is 607 g/mol. The number of carbonyl (C=O) groups excluding carboxylic acids is 6. The van der Waals surface area contributed by atoms with Gasteiger partial charge in [0.2, 0.25) is 23.6 Å². The molecule has 2 N–H and O–H groups in total. The van der Waals surface area contributed by atoms with Gasteiger partial charge >= 0.3 is 5.97 Å². The van der Waals surface area contributed by atoms with Gasteiger partial charge in [0.05, 0.1) is 6.42 Å². The number of likely N-dealkylation sites (N-methyl/N-ethyl adjacent to an activating group) is 2. The lowest BCUT2D eigenvalue weighted by atomic mass is 9.92. The Balaban J connectivity index is 2.56. The Kier molecular flexibility index (Phi) is 13.4. The molecule has 12 heteroatoms. The van der Waals surface area contributed by atoms with Crippen molar-refractivity contribution >= 4 is 35.5 Å². The number of carbonyl (C=O) groups is 6. The average molecular weight is 608 g/mol. The van der Waals surface area contributed by atoms with Crippen LogP contribution in [0.1, 0.15) is 87.0 Å². The van der Waals surface area contributed by atoms with Crippen molar-refractivity contribution in [3.8, 4) is 0 Å². The van der Waals surface area contributed by atoms with E-state index in [-0.39, 0.29) is 37.1 Å². The molecule has 7 atom stereocenters. The van der Waals surface area contributed by atoms with E-state index in [1.54, 1.807) is 14.0 Å². The first-order chi connectivity index (χ1) is 20.2. The van der Waals surface area contributed by atoms with Crippen molar-refractivity contribution in [1.29, 1.82) is 0 Å². The van der Waals surface area contributed by atoms with Gasteiger partial charge in [0.1, 0.15) is 24.2 Å². The van der Waals surface area contributed by atoms with Crippen LogP contribution < -0.4 is 10.6 Å². The third-order valence-corrected chi connectivity index (χ3v) is 8.99. The Labute approximate surface area is 256 Å². The topological polar surface area (TPSA) is 145 Å². The molecule has 0 spiro atoms. The fraction of sp³-hybridized carbons (Fsp3) is 0.806. The molecule has 2 saturated heterocycles. The number of nitrogens with one attached hydrogen (secondary N) is 2. The Morgan fingerprint density at radius 1 is 0.860 bits per heavy atom. The summed E-state index contributed by atoms with van der Waals surface area (Å²) in [6.45, 7) is 13.3. The molecule has 2 aliphatic rings. The van der Waals surface area contributed by atoms with Gasteiger partial charge in [-0.25, -0.2) is 0 Å². The maximum atomic E-state index is 14.0. The highest BCUT2D eigenvalue weighted by molar-refractivity contribution is 5.96. The van der Waals surface area contributed by atoms with Gasteiger partial charge in [-0.2, -0.15) is 0 Å². The second-order valence-electron chi connectivity index (χ2n) is 12.6. The Bertz CT molecular complexity index is 1030. The van der Waals surface area contributed by atoms with Gasteiger partial charge in [0, 0.05) is 27.2 Å². The second kappa shape index (κ2) is 16.0. The number of fused-ring (bicyclic) bond motifs is 1. The van der Waals surface area contributed by atoms with Crippen LogP contribution in [0.2, 0.25) is 0 Å². The molecule has 2 rings (SSSR count). The maximum absolute atomic E-state index is 14.0. The van der Waals surface area contributed by atoms with Crippen molar-refractivity contribution in [2.45, 2.75) is 117 Å². The zero-order valence-electron chi connectivity index (χ0n) is 27.5. The SMILES string of the molecule is CCC(C)C1NC(=O)[C@@H]2CCCN2C(=O)[C@@H](CC(C)C)OC(=O)CCNC(=O)C(C)N(C)C(=O)C(C(C)CC)N(C)C1=O. The highest BCUT2D eigenvalue weighted by atomic mass is 16.5. The molecule has 0 aromatic heterocycles. The smallest absolute Gasteiger partial charge is 0.308 e. The fourth-order valence-corrected chi connectivity index (χ4v) is 5.65. The maximum Gasteiger partial charge on any atom is 0.308 e. The highest BCUT2D eigenvalue weighted by Gasteiger charge is 2.43. The van der Waals surface area contributed by atoms with E-state index in [9.17, 15) is 28.8 Å². The minimum Gasteiger partial charge on any atom is -0.452 e. The van der Waals surface area contributed by atoms with Crippen LogP contribution in [0, 0.1) is 17.8 Å². The van der Waals surface area contributed by atoms with Crippen molar-refractivity contribution in [2.75, 3.05) is 27.2 Å². The highest BCUT2D eigenvalue weighted by Crippen LogP contribution is 2.24. The normalized spacial score (nSPS) is 28.9. The third kappa shape index (κ3) is 8.92. The zero-order chi connectivity index (χ0) is 32.6. The summed E-state index contributed by atoms with van der Waals surface area (Å²) < 4.78 is 5.60. The van der Waals surface area contributed by atoms with E-state index < -0.39 is 65.8 Å². The molecule has 0 aromatic carbocycles. The summed E-state index contributed by atoms with van der Waals surface area (Å²) >= 11 is 0. The zero-order valence-corrected chi connectivity index (χ0v) is 27.5. The summed E-state index contributed by atoms with van der Waals surface area (Å²) in [5, 5.41) is 5.60. The van der Waals surface area contributed by atoms with Crippen LogP contribution >= 0.6 is 0 Å². The molecular formula is C31H53N5O7. The summed E-state index contributed by atoms with van der Waals surface area (Å²) in [7, 11) is 3.08. The Hall–Kier alpha value is -3.18. The van der Waals surface area contributed by atoms with Crippen LogP contribution in [0.3, 0.4) is 0 Å². The van der Waals surface area contributed by atoms with Crippen LogP contribution in [0.4, 0.5) is 0 Å². The molecule has 0 radical (unpaired) electrons. The number of nitrogens with zero attached hydrogens (tertiary/aromatic N) is 3. The van der Waals surface area contributed by atoms with E-state index in [0.717, 1.165) is 0 Å². The molecule has 2 heterocycles. The molecule has 2 fully saturated rings. The molecule has 5 unspecified atom stereocenters. The van der Waals surface area contributed by atoms with Crippen LogP contribution in [0.15, 0.2) is 0 Å². The number of esters is 1. The first-order valence-electron chi connectivity index (χ1n) is 15.8.